The third kappa shape index (κ3) is 3.95. The summed E-state index contributed by atoms with van der Waals surface area (Å²) in [6.07, 6.45) is 0. The van der Waals surface area contributed by atoms with Crippen LogP contribution in [0.1, 0.15) is 42.3 Å². The third-order valence-electron chi connectivity index (χ3n) is 2.96. The van der Waals surface area contributed by atoms with Gasteiger partial charge in [0, 0.05) is 0 Å². The van der Waals surface area contributed by atoms with E-state index in [4.69, 9.17) is 9.47 Å². The van der Waals surface area contributed by atoms with Crippen LogP contribution in [0.3, 0.4) is 0 Å². The minimum atomic E-state index is 0.0285. The Balaban J connectivity index is 2.10. The van der Waals surface area contributed by atoms with Gasteiger partial charge in [0.1, 0.15) is 11.6 Å². The molecular formula is C16H21NO3S. The number of aliphatic hydroxyl groups is 1. The smallest absolute Gasteiger partial charge is 0.161 e. The molecule has 1 aromatic heterocycles. The van der Waals surface area contributed by atoms with Gasteiger partial charge in [-0.2, -0.15) is 0 Å². The summed E-state index contributed by atoms with van der Waals surface area (Å²) in [6, 6.07) is 7.61. The number of para-hydroxylation sites is 2. The summed E-state index contributed by atoms with van der Waals surface area (Å²) in [6.45, 7) is 7.10. The Labute approximate surface area is 129 Å². The Morgan fingerprint density at radius 3 is 2.38 bits per heavy atom. The lowest BCUT2D eigenvalue weighted by Gasteiger charge is -2.10. The monoisotopic (exact) mass is 307 g/mol. The second-order valence-corrected chi connectivity index (χ2v) is 6.07. The van der Waals surface area contributed by atoms with Crippen molar-refractivity contribution in [2.24, 2.45) is 0 Å². The zero-order chi connectivity index (χ0) is 15.2. The van der Waals surface area contributed by atoms with Crippen LogP contribution in [0.4, 0.5) is 0 Å². The first-order valence-corrected chi connectivity index (χ1v) is 7.91. The van der Waals surface area contributed by atoms with Gasteiger partial charge in [-0.25, -0.2) is 4.98 Å². The average molecular weight is 307 g/mol. The van der Waals surface area contributed by atoms with Gasteiger partial charge in [0.15, 0.2) is 11.5 Å². The van der Waals surface area contributed by atoms with E-state index in [1.165, 1.54) is 11.3 Å². The summed E-state index contributed by atoms with van der Waals surface area (Å²) in [4.78, 5) is 5.48. The number of rotatable bonds is 7. The molecule has 0 saturated carbocycles. The number of thiazole rings is 1. The normalized spacial score (nSPS) is 10.9. The molecule has 0 fully saturated rings. The zero-order valence-corrected chi connectivity index (χ0v) is 13.4. The molecule has 2 rings (SSSR count). The molecule has 0 atom stereocenters. The van der Waals surface area contributed by atoms with E-state index in [0.717, 1.165) is 21.3 Å². The highest BCUT2D eigenvalue weighted by Gasteiger charge is 2.14. The highest BCUT2D eigenvalue weighted by molar-refractivity contribution is 7.11. The van der Waals surface area contributed by atoms with Gasteiger partial charge in [-0.1, -0.05) is 26.0 Å². The molecule has 1 N–H and O–H groups in total. The number of benzene rings is 1. The van der Waals surface area contributed by atoms with Crippen molar-refractivity contribution < 1.29 is 14.6 Å². The minimum Gasteiger partial charge on any atom is -0.490 e. The molecule has 0 unspecified atom stereocenters. The molecule has 0 radical (unpaired) electrons. The largest absolute Gasteiger partial charge is 0.490 e. The van der Waals surface area contributed by atoms with Crippen LogP contribution in [0.25, 0.3) is 0 Å². The van der Waals surface area contributed by atoms with Crippen molar-refractivity contribution in [1.29, 1.82) is 0 Å². The van der Waals surface area contributed by atoms with Crippen molar-refractivity contribution in [1.82, 2.24) is 4.98 Å². The van der Waals surface area contributed by atoms with Crippen LogP contribution in [0, 0.1) is 0 Å². The maximum absolute atomic E-state index is 9.39. The lowest BCUT2D eigenvalue weighted by molar-refractivity contribution is 0.269. The second-order valence-electron chi connectivity index (χ2n) is 4.90. The Bertz CT molecular complexity index is 581. The topological polar surface area (TPSA) is 51.6 Å². The maximum Gasteiger partial charge on any atom is 0.161 e. The lowest BCUT2D eigenvalue weighted by atomic mass is 10.1. The van der Waals surface area contributed by atoms with Crippen LogP contribution < -0.4 is 9.47 Å². The fourth-order valence-electron chi connectivity index (χ4n) is 2.02. The van der Waals surface area contributed by atoms with E-state index in [2.05, 4.69) is 18.8 Å². The molecule has 1 heterocycles. The number of ether oxygens (including phenoxy) is 2. The molecule has 114 valence electrons. The molecule has 2 aromatic rings. The van der Waals surface area contributed by atoms with Crippen molar-refractivity contribution in [3.63, 3.8) is 0 Å². The highest BCUT2D eigenvalue weighted by Crippen LogP contribution is 2.29. The average Bonchev–Trinajstić information content (AvgIpc) is 2.90. The van der Waals surface area contributed by atoms with E-state index < -0.39 is 0 Å². The van der Waals surface area contributed by atoms with Gasteiger partial charge in [0.2, 0.25) is 0 Å². The molecule has 0 aliphatic carbocycles. The summed E-state index contributed by atoms with van der Waals surface area (Å²) in [7, 11) is 0. The van der Waals surface area contributed by atoms with Crippen LogP contribution in [0.15, 0.2) is 24.3 Å². The molecule has 0 aliphatic heterocycles. The fourth-order valence-corrected chi connectivity index (χ4v) is 3.02. The van der Waals surface area contributed by atoms with Crippen molar-refractivity contribution in [3.8, 4) is 11.5 Å². The SMILES string of the molecule is CCOc1ccccc1OCc1nc(C(C)C)c(CO)s1. The Morgan fingerprint density at radius 2 is 1.86 bits per heavy atom. The maximum atomic E-state index is 9.39. The Kier molecular flexibility index (Phi) is 5.59. The molecule has 4 nitrogen and oxygen atoms in total. The van der Waals surface area contributed by atoms with E-state index in [1.807, 2.05) is 31.2 Å². The van der Waals surface area contributed by atoms with Crippen molar-refractivity contribution >= 4 is 11.3 Å². The summed E-state index contributed by atoms with van der Waals surface area (Å²) in [5.74, 6) is 1.75. The van der Waals surface area contributed by atoms with E-state index in [1.54, 1.807) is 0 Å². The zero-order valence-electron chi connectivity index (χ0n) is 12.6. The third-order valence-corrected chi connectivity index (χ3v) is 3.99. The van der Waals surface area contributed by atoms with E-state index in [0.29, 0.717) is 24.9 Å². The Morgan fingerprint density at radius 1 is 1.19 bits per heavy atom. The van der Waals surface area contributed by atoms with Crippen LogP contribution in [-0.2, 0) is 13.2 Å². The highest BCUT2D eigenvalue weighted by atomic mass is 32.1. The predicted molar refractivity (Wildman–Crippen MR) is 84.1 cm³/mol. The van der Waals surface area contributed by atoms with Crippen LogP contribution in [0.5, 0.6) is 11.5 Å². The molecule has 0 bridgehead atoms. The second kappa shape index (κ2) is 7.43. The number of hydrogen-bond acceptors (Lipinski definition) is 5. The van der Waals surface area contributed by atoms with Crippen LogP contribution in [0.2, 0.25) is 0 Å². The van der Waals surface area contributed by atoms with Crippen LogP contribution in [-0.4, -0.2) is 16.7 Å². The molecule has 5 heteroatoms. The number of aliphatic hydroxyl groups excluding tert-OH is 1. The van der Waals surface area contributed by atoms with Gasteiger partial charge in [-0.05, 0) is 25.0 Å². The molecule has 21 heavy (non-hydrogen) atoms. The van der Waals surface area contributed by atoms with Gasteiger partial charge < -0.3 is 14.6 Å². The molecule has 0 saturated heterocycles. The fraction of sp³-hybridized carbons (Fsp3) is 0.438. The summed E-state index contributed by atoms with van der Waals surface area (Å²) < 4.78 is 11.3. The quantitative estimate of drug-likeness (QED) is 0.846. The predicted octanol–water partition coefficient (Wildman–Crippen LogP) is 3.74. The number of hydrogen-bond donors (Lipinski definition) is 1. The summed E-state index contributed by atoms with van der Waals surface area (Å²) >= 11 is 1.50. The number of nitrogens with zero attached hydrogens (tertiary/aromatic N) is 1. The van der Waals surface area contributed by atoms with Gasteiger partial charge in [0.05, 0.1) is 23.8 Å². The van der Waals surface area contributed by atoms with Crippen LogP contribution >= 0.6 is 11.3 Å². The van der Waals surface area contributed by atoms with Crippen molar-refractivity contribution in [3.05, 3.63) is 39.8 Å². The number of aromatic nitrogens is 1. The van der Waals surface area contributed by atoms with E-state index in [9.17, 15) is 5.11 Å². The van der Waals surface area contributed by atoms with Crippen molar-refractivity contribution in [2.45, 2.75) is 39.9 Å². The molecule has 1 aromatic carbocycles. The molecule has 0 amide bonds. The van der Waals surface area contributed by atoms with Gasteiger partial charge in [-0.15, -0.1) is 11.3 Å². The molecule has 0 aliphatic rings. The summed E-state index contributed by atoms with van der Waals surface area (Å²) in [5.41, 5.74) is 0.958. The standard InChI is InChI=1S/C16H21NO3S/c1-4-19-12-7-5-6-8-13(12)20-10-15-17-16(11(2)3)14(9-18)21-15/h5-8,11,18H,4,9-10H2,1-3H3. The van der Waals surface area contributed by atoms with E-state index >= 15 is 0 Å². The Hall–Kier alpha value is -1.59. The summed E-state index contributed by atoms with van der Waals surface area (Å²) in [5, 5.41) is 10.3. The first-order valence-electron chi connectivity index (χ1n) is 7.09. The van der Waals surface area contributed by atoms with Gasteiger partial charge in [0.25, 0.3) is 0 Å². The van der Waals surface area contributed by atoms with E-state index in [-0.39, 0.29) is 6.61 Å². The minimum absolute atomic E-state index is 0.0285. The molecule has 0 spiro atoms. The first kappa shape index (κ1) is 15.8. The van der Waals surface area contributed by atoms with Gasteiger partial charge in [-0.3, -0.25) is 0 Å². The molecular weight excluding hydrogens is 286 g/mol. The lowest BCUT2D eigenvalue weighted by Crippen LogP contribution is -1.99. The first-order chi connectivity index (χ1) is 10.2. The van der Waals surface area contributed by atoms with Crippen molar-refractivity contribution in [2.75, 3.05) is 6.61 Å². The van der Waals surface area contributed by atoms with Gasteiger partial charge >= 0.3 is 0 Å².